The SMILES string of the molecule is CC[Si](C#C[C@]1(C)C[C@@H](O)C=C[C@@H]1C=C(Br)Br)(CC)CC. The lowest BCUT2D eigenvalue weighted by Gasteiger charge is -2.35. The summed E-state index contributed by atoms with van der Waals surface area (Å²) in [6.45, 7) is 9.01. The maximum absolute atomic E-state index is 10.0. The van der Waals surface area contributed by atoms with Gasteiger partial charge in [-0.05, 0) is 63.3 Å². The average molecular weight is 434 g/mol. The van der Waals surface area contributed by atoms with Crippen LogP contribution in [0.25, 0.3) is 0 Å². The Labute approximate surface area is 147 Å². The van der Waals surface area contributed by atoms with Crippen molar-refractivity contribution in [2.75, 3.05) is 0 Å². The molecule has 21 heavy (non-hydrogen) atoms. The first-order valence-electron chi connectivity index (χ1n) is 7.74. The zero-order valence-corrected chi connectivity index (χ0v) is 17.6. The highest BCUT2D eigenvalue weighted by molar-refractivity contribution is 9.28. The molecule has 1 N–H and O–H groups in total. The molecule has 0 aliphatic heterocycles. The van der Waals surface area contributed by atoms with Gasteiger partial charge in [-0.25, -0.2) is 0 Å². The second-order valence-corrected chi connectivity index (χ2v) is 13.9. The molecule has 0 aromatic rings. The third-order valence-electron chi connectivity index (χ3n) is 4.86. The van der Waals surface area contributed by atoms with E-state index in [0.717, 1.165) is 3.39 Å². The molecule has 0 saturated carbocycles. The number of halogens is 2. The molecule has 0 spiro atoms. The van der Waals surface area contributed by atoms with E-state index in [9.17, 15) is 5.11 Å². The molecule has 0 radical (unpaired) electrons. The van der Waals surface area contributed by atoms with Crippen LogP contribution in [0, 0.1) is 22.8 Å². The smallest absolute Gasteiger partial charge is 0.137 e. The van der Waals surface area contributed by atoms with E-state index in [2.05, 4.69) is 83.2 Å². The van der Waals surface area contributed by atoms with Crippen LogP contribution in [0.3, 0.4) is 0 Å². The number of hydrogen-bond acceptors (Lipinski definition) is 1. The Morgan fingerprint density at radius 3 is 2.33 bits per heavy atom. The molecule has 0 heterocycles. The van der Waals surface area contributed by atoms with Crippen LogP contribution in [0.4, 0.5) is 0 Å². The quantitative estimate of drug-likeness (QED) is 0.347. The predicted octanol–water partition coefficient (Wildman–Crippen LogP) is 5.61. The number of aliphatic hydroxyl groups excluding tert-OH is 1. The van der Waals surface area contributed by atoms with E-state index < -0.39 is 8.07 Å². The predicted molar refractivity (Wildman–Crippen MR) is 102 cm³/mol. The number of rotatable bonds is 4. The van der Waals surface area contributed by atoms with Gasteiger partial charge in [-0.15, -0.1) is 11.5 Å². The fourth-order valence-corrected chi connectivity index (χ4v) is 6.05. The van der Waals surface area contributed by atoms with Crippen molar-refractivity contribution in [3.63, 3.8) is 0 Å². The standard InChI is InChI=1S/C17H26Br2OSi/c1-5-21(6-2,7-3)11-10-17(4)13-15(20)9-8-14(17)12-16(18)19/h8-9,12,14-15,20H,5-7,13H2,1-4H3/t14-,15+,17-/m1/s1. The Bertz CT molecular complexity index is 459. The first-order chi connectivity index (χ1) is 9.80. The molecule has 0 amide bonds. The van der Waals surface area contributed by atoms with E-state index in [1.807, 2.05) is 6.08 Å². The molecule has 3 atom stereocenters. The van der Waals surface area contributed by atoms with Crippen molar-refractivity contribution in [2.45, 2.75) is 58.4 Å². The monoisotopic (exact) mass is 432 g/mol. The van der Waals surface area contributed by atoms with Crippen LogP contribution >= 0.6 is 31.9 Å². The molecule has 1 rings (SSSR count). The summed E-state index contributed by atoms with van der Waals surface area (Å²) in [6.07, 6.45) is 6.41. The molecule has 0 aromatic carbocycles. The summed E-state index contributed by atoms with van der Waals surface area (Å²) < 4.78 is 0.944. The zero-order chi connectivity index (χ0) is 16.1. The van der Waals surface area contributed by atoms with Crippen LogP contribution in [-0.2, 0) is 0 Å². The summed E-state index contributed by atoms with van der Waals surface area (Å²) in [6, 6.07) is 3.64. The van der Waals surface area contributed by atoms with Crippen LogP contribution in [0.2, 0.25) is 18.1 Å². The zero-order valence-electron chi connectivity index (χ0n) is 13.4. The van der Waals surface area contributed by atoms with Gasteiger partial charge in [-0.3, -0.25) is 0 Å². The van der Waals surface area contributed by atoms with Crippen LogP contribution in [0.5, 0.6) is 0 Å². The number of hydrogen-bond donors (Lipinski definition) is 1. The first kappa shape index (κ1) is 19.2. The van der Waals surface area contributed by atoms with Gasteiger partial charge < -0.3 is 5.11 Å². The Morgan fingerprint density at radius 2 is 1.86 bits per heavy atom. The van der Waals surface area contributed by atoms with Crippen LogP contribution in [0.15, 0.2) is 21.6 Å². The van der Waals surface area contributed by atoms with Gasteiger partial charge in [-0.1, -0.05) is 39.0 Å². The lowest BCUT2D eigenvalue weighted by atomic mass is 9.70. The highest BCUT2D eigenvalue weighted by Crippen LogP contribution is 2.40. The molecule has 0 bridgehead atoms. The minimum atomic E-state index is -1.45. The van der Waals surface area contributed by atoms with Gasteiger partial charge >= 0.3 is 0 Å². The molecule has 0 saturated heterocycles. The Morgan fingerprint density at radius 1 is 1.29 bits per heavy atom. The summed E-state index contributed by atoms with van der Waals surface area (Å²) in [7, 11) is -1.45. The third kappa shape index (κ3) is 5.09. The Balaban J connectivity index is 3.17. The van der Waals surface area contributed by atoms with Crippen molar-refractivity contribution in [3.8, 4) is 11.5 Å². The topological polar surface area (TPSA) is 20.2 Å². The van der Waals surface area contributed by atoms with Gasteiger partial charge in [0.1, 0.15) is 8.07 Å². The molecule has 0 unspecified atom stereocenters. The van der Waals surface area contributed by atoms with Crippen molar-refractivity contribution in [1.82, 2.24) is 0 Å². The largest absolute Gasteiger partial charge is 0.389 e. The maximum atomic E-state index is 10.0. The second-order valence-electron chi connectivity index (χ2n) is 6.15. The van der Waals surface area contributed by atoms with Crippen LogP contribution in [-0.4, -0.2) is 19.3 Å². The summed E-state index contributed by atoms with van der Waals surface area (Å²) in [4.78, 5) is 0. The Hall–Kier alpha value is 0.177. The number of aliphatic hydroxyl groups is 1. The maximum Gasteiger partial charge on any atom is 0.137 e. The van der Waals surface area contributed by atoms with Gasteiger partial charge in [0, 0.05) is 11.3 Å². The van der Waals surface area contributed by atoms with Crippen molar-refractivity contribution >= 4 is 39.9 Å². The van der Waals surface area contributed by atoms with E-state index in [-0.39, 0.29) is 17.4 Å². The highest BCUT2D eigenvalue weighted by Gasteiger charge is 2.35. The molecule has 0 aromatic heterocycles. The van der Waals surface area contributed by atoms with E-state index >= 15 is 0 Å². The summed E-state index contributed by atoms with van der Waals surface area (Å²) in [5, 5.41) is 10.0. The third-order valence-corrected chi connectivity index (χ3v) is 10.1. The minimum Gasteiger partial charge on any atom is -0.389 e. The van der Waals surface area contributed by atoms with Crippen molar-refractivity contribution in [1.29, 1.82) is 0 Å². The average Bonchev–Trinajstić information content (AvgIpc) is 2.44. The van der Waals surface area contributed by atoms with Gasteiger partial charge in [0.25, 0.3) is 0 Å². The van der Waals surface area contributed by atoms with E-state index in [4.69, 9.17) is 0 Å². The summed E-state index contributed by atoms with van der Waals surface area (Å²) in [5.74, 6) is 3.81. The lowest BCUT2D eigenvalue weighted by Crippen LogP contribution is -2.34. The van der Waals surface area contributed by atoms with E-state index in [1.165, 1.54) is 18.1 Å². The molecular weight excluding hydrogens is 408 g/mol. The molecule has 4 heteroatoms. The number of allylic oxidation sites excluding steroid dienone is 2. The normalized spacial score (nSPS) is 28.7. The summed E-state index contributed by atoms with van der Waals surface area (Å²) >= 11 is 6.90. The van der Waals surface area contributed by atoms with Crippen LogP contribution < -0.4 is 0 Å². The van der Waals surface area contributed by atoms with Gasteiger partial charge in [0.15, 0.2) is 0 Å². The minimum absolute atomic E-state index is 0.196. The molecule has 1 nitrogen and oxygen atoms in total. The molecule has 1 aliphatic rings. The molecule has 118 valence electrons. The van der Waals surface area contributed by atoms with E-state index in [0.29, 0.717) is 6.42 Å². The highest BCUT2D eigenvalue weighted by atomic mass is 79.9. The van der Waals surface area contributed by atoms with Gasteiger partial charge in [0.05, 0.1) is 9.50 Å². The van der Waals surface area contributed by atoms with E-state index in [1.54, 1.807) is 0 Å². The van der Waals surface area contributed by atoms with Gasteiger partial charge in [0.2, 0.25) is 0 Å². The fourth-order valence-electron chi connectivity index (χ4n) is 2.90. The second kappa shape index (κ2) is 8.15. The molecule has 1 aliphatic carbocycles. The summed E-state index contributed by atoms with van der Waals surface area (Å²) in [5.41, 5.74) is 3.50. The molecule has 0 fully saturated rings. The van der Waals surface area contributed by atoms with Crippen molar-refractivity contribution in [3.05, 3.63) is 21.6 Å². The van der Waals surface area contributed by atoms with Crippen molar-refractivity contribution in [2.24, 2.45) is 11.3 Å². The molecular formula is C17H26Br2OSi. The Kier molecular flexibility index (Phi) is 7.46. The van der Waals surface area contributed by atoms with Crippen molar-refractivity contribution < 1.29 is 5.11 Å². The van der Waals surface area contributed by atoms with Gasteiger partial charge in [-0.2, -0.15) is 0 Å². The fraction of sp³-hybridized carbons (Fsp3) is 0.647. The van der Waals surface area contributed by atoms with Crippen LogP contribution in [0.1, 0.15) is 34.1 Å². The lowest BCUT2D eigenvalue weighted by molar-refractivity contribution is 0.145. The first-order valence-corrected chi connectivity index (χ1v) is 11.9.